The summed E-state index contributed by atoms with van der Waals surface area (Å²) in [5.74, 6) is 1.61. The minimum atomic E-state index is -0.0503. The van der Waals surface area contributed by atoms with E-state index in [1.807, 2.05) is 30.0 Å². The van der Waals surface area contributed by atoms with Crippen LogP contribution in [0.2, 0.25) is 0 Å². The number of fused-ring (bicyclic) bond motifs is 1. The third kappa shape index (κ3) is 4.82. The number of methoxy groups -OCH3 is 1. The molecule has 0 unspecified atom stereocenters. The second-order valence-corrected chi connectivity index (χ2v) is 8.57. The molecule has 0 saturated heterocycles. The van der Waals surface area contributed by atoms with E-state index in [-0.39, 0.29) is 23.8 Å². The van der Waals surface area contributed by atoms with Crippen molar-refractivity contribution in [3.8, 4) is 5.75 Å². The summed E-state index contributed by atoms with van der Waals surface area (Å²) in [5.41, 5.74) is 2.43. The number of hydrogen-bond acceptors (Lipinski definition) is 3. The maximum absolute atomic E-state index is 13.2. The van der Waals surface area contributed by atoms with Gasteiger partial charge in [0.05, 0.1) is 19.0 Å². The summed E-state index contributed by atoms with van der Waals surface area (Å²) in [7, 11) is 1.62. The second kappa shape index (κ2) is 9.47. The van der Waals surface area contributed by atoms with Crippen LogP contribution in [-0.2, 0) is 11.2 Å². The van der Waals surface area contributed by atoms with E-state index >= 15 is 0 Å². The van der Waals surface area contributed by atoms with Gasteiger partial charge in [-0.3, -0.25) is 9.59 Å². The lowest BCUT2D eigenvalue weighted by molar-refractivity contribution is -0.130. The van der Waals surface area contributed by atoms with Crippen LogP contribution in [0.15, 0.2) is 23.0 Å². The molecule has 158 valence electrons. The number of hydrogen-bond donors (Lipinski definition) is 1. The maximum atomic E-state index is 13.2. The number of carbonyl (C=O) groups excluding carboxylic acids is 1. The second-order valence-electron chi connectivity index (χ2n) is 8.57. The summed E-state index contributed by atoms with van der Waals surface area (Å²) in [4.78, 5) is 31.2. The molecule has 5 nitrogen and oxygen atoms in total. The van der Waals surface area contributed by atoms with E-state index in [9.17, 15) is 9.59 Å². The average molecular weight is 399 g/mol. The Morgan fingerprint density at radius 3 is 2.62 bits per heavy atom. The molecule has 1 fully saturated rings. The minimum absolute atomic E-state index is 0.0503. The smallest absolute Gasteiger partial charge is 0.252 e. The molecule has 29 heavy (non-hydrogen) atoms. The standard InChI is InChI=1S/C24H34N2O3/c1-5-26(13-12-16(2)3)22(27)15-20-19-11-10-18(29-4)14-21(19)25-24(28)23(20)17-8-6-7-9-17/h10-11,14,16-17H,5-9,12-13,15H2,1-4H3,(H,25,28). The van der Waals surface area contributed by atoms with Crippen LogP contribution in [0.25, 0.3) is 10.9 Å². The lowest BCUT2D eigenvalue weighted by atomic mass is 9.90. The first-order chi connectivity index (χ1) is 13.9. The van der Waals surface area contributed by atoms with Crippen molar-refractivity contribution in [1.29, 1.82) is 0 Å². The van der Waals surface area contributed by atoms with E-state index in [4.69, 9.17) is 4.74 Å². The molecule has 1 N–H and O–H groups in total. The monoisotopic (exact) mass is 398 g/mol. The maximum Gasteiger partial charge on any atom is 0.252 e. The van der Waals surface area contributed by atoms with Crippen molar-refractivity contribution >= 4 is 16.8 Å². The lowest BCUT2D eigenvalue weighted by Crippen LogP contribution is -2.34. The molecule has 2 aromatic rings. The van der Waals surface area contributed by atoms with Gasteiger partial charge in [-0.2, -0.15) is 0 Å². The number of pyridine rings is 1. The van der Waals surface area contributed by atoms with Crippen LogP contribution >= 0.6 is 0 Å². The van der Waals surface area contributed by atoms with Gasteiger partial charge in [-0.05, 0) is 55.7 Å². The molecule has 0 radical (unpaired) electrons. The van der Waals surface area contributed by atoms with E-state index in [0.29, 0.717) is 18.2 Å². The molecule has 1 aliphatic rings. The number of ether oxygens (including phenoxy) is 1. The summed E-state index contributed by atoms with van der Waals surface area (Å²) in [6, 6.07) is 5.73. The van der Waals surface area contributed by atoms with Gasteiger partial charge in [0.25, 0.3) is 5.56 Å². The number of nitrogens with zero attached hydrogens (tertiary/aromatic N) is 1. The van der Waals surface area contributed by atoms with Crippen LogP contribution in [0.4, 0.5) is 0 Å². The number of rotatable bonds is 8. The van der Waals surface area contributed by atoms with Crippen LogP contribution < -0.4 is 10.3 Å². The van der Waals surface area contributed by atoms with Gasteiger partial charge in [-0.25, -0.2) is 0 Å². The van der Waals surface area contributed by atoms with E-state index in [1.165, 1.54) is 0 Å². The lowest BCUT2D eigenvalue weighted by Gasteiger charge is -2.24. The highest BCUT2D eigenvalue weighted by molar-refractivity contribution is 5.90. The fourth-order valence-electron chi connectivity index (χ4n) is 4.46. The number of amides is 1. The molecule has 0 bridgehead atoms. The zero-order chi connectivity index (χ0) is 21.0. The summed E-state index contributed by atoms with van der Waals surface area (Å²) in [5, 5.41) is 0.959. The molecule has 0 spiro atoms. The predicted molar refractivity (Wildman–Crippen MR) is 118 cm³/mol. The highest BCUT2D eigenvalue weighted by Crippen LogP contribution is 2.36. The highest BCUT2D eigenvalue weighted by Gasteiger charge is 2.26. The largest absolute Gasteiger partial charge is 0.497 e. The van der Waals surface area contributed by atoms with Gasteiger partial charge >= 0.3 is 0 Å². The van der Waals surface area contributed by atoms with Crippen molar-refractivity contribution in [3.63, 3.8) is 0 Å². The third-order valence-corrected chi connectivity index (χ3v) is 6.17. The molecule has 1 amide bonds. The third-order valence-electron chi connectivity index (χ3n) is 6.17. The van der Waals surface area contributed by atoms with Crippen molar-refractivity contribution in [2.45, 2.75) is 65.2 Å². The molecule has 1 saturated carbocycles. The molecule has 0 aliphatic heterocycles. The number of carbonyl (C=O) groups is 1. The van der Waals surface area contributed by atoms with Gasteiger partial charge in [-0.15, -0.1) is 0 Å². The first-order valence-corrected chi connectivity index (χ1v) is 10.9. The topological polar surface area (TPSA) is 62.4 Å². The summed E-state index contributed by atoms with van der Waals surface area (Å²) < 4.78 is 5.33. The highest BCUT2D eigenvalue weighted by atomic mass is 16.5. The van der Waals surface area contributed by atoms with Crippen molar-refractivity contribution in [3.05, 3.63) is 39.7 Å². The molecule has 1 heterocycles. The van der Waals surface area contributed by atoms with Gasteiger partial charge in [0.15, 0.2) is 0 Å². The SMILES string of the molecule is CCN(CCC(C)C)C(=O)Cc1c(C2CCCC2)c(=O)[nH]c2cc(OC)ccc12. The molecule has 0 atom stereocenters. The molecule has 1 aromatic carbocycles. The van der Waals surface area contributed by atoms with Crippen LogP contribution in [0.5, 0.6) is 5.75 Å². The van der Waals surface area contributed by atoms with Crippen LogP contribution in [0.3, 0.4) is 0 Å². The van der Waals surface area contributed by atoms with E-state index < -0.39 is 0 Å². The van der Waals surface area contributed by atoms with Crippen molar-refractivity contribution in [2.75, 3.05) is 20.2 Å². The normalized spacial score (nSPS) is 14.7. The van der Waals surface area contributed by atoms with Gasteiger partial charge in [0.1, 0.15) is 5.75 Å². The van der Waals surface area contributed by atoms with Crippen molar-refractivity contribution < 1.29 is 9.53 Å². The average Bonchev–Trinajstić information content (AvgIpc) is 3.21. The van der Waals surface area contributed by atoms with Crippen LogP contribution in [0.1, 0.15) is 69.9 Å². The summed E-state index contributed by atoms with van der Waals surface area (Å²) in [6.45, 7) is 7.83. The number of H-pyrrole nitrogens is 1. The summed E-state index contributed by atoms with van der Waals surface area (Å²) >= 11 is 0. The number of aromatic amines is 1. The Hall–Kier alpha value is -2.30. The quantitative estimate of drug-likeness (QED) is 0.705. The molecule has 5 heteroatoms. The number of nitrogens with one attached hydrogen (secondary N) is 1. The predicted octanol–water partition coefficient (Wildman–Crippen LogP) is 4.63. The molecule has 1 aliphatic carbocycles. The number of benzene rings is 1. The van der Waals surface area contributed by atoms with Crippen LogP contribution in [0, 0.1) is 5.92 Å². The van der Waals surface area contributed by atoms with Crippen molar-refractivity contribution in [1.82, 2.24) is 9.88 Å². The Morgan fingerprint density at radius 1 is 1.28 bits per heavy atom. The summed E-state index contributed by atoms with van der Waals surface area (Å²) in [6.07, 6.45) is 5.61. The minimum Gasteiger partial charge on any atom is -0.497 e. The Kier molecular flexibility index (Phi) is 6.99. The Labute approximate surface area is 173 Å². The van der Waals surface area contributed by atoms with Gasteiger partial charge in [0.2, 0.25) is 5.91 Å². The number of aromatic nitrogens is 1. The Balaban J connectivity index is 2.04. The van der Waals surface area contributed by atoms with Crippen molar-refractivity contribution in [2.24, 2.45) is 5.92 Å². The first kappa shape index (κ1) is 21.4. The Morgan fingerprint density at radius 2 is 2.00 bits per heavy atom. The van der Waals surface area contributed by atoms with E-state index in [1.54, 1.807) is 7.11 Å². The fraction of sp³-hybridized carbons (Fsp3) is 0.583. The van der Waals surface area contributed by atoms with Crippen LogP contribution in [-0.4, -0.2) is 36.0 Å². The zero-order valence-corrected chi connectivity index (χ0v) is 18.2. The molecule has 3 rings (SSSR count). The van der Waals surface area contributed by atoms with Gasteiger partial charge < -0.3 is 14.6 Å². The molecular formula is C24H34N2O3. The number of likely N-dealkylation sites (N-methyl/N-ethyl adjacent to an activating group) is 1. The zero-order valence-electron chi connectivity index (χ0n) is 18.2. The molecular weight excluding hydrogens is 364 g/mol. The molecule has 1 aromatic heterocycles. The fourth-order valence-corrected chi connectivity index (χ4v) is 4.46. The Bertz CT molecular complexity index is 910. The van der Waals surface area contributed by atoms with Gasteiger partial charge in [0, 0.05) is 30.1 Å². The van der Waals surface area contributed by atoms with E-state index in [2.05, 4.69) is 18.8 Å². The first-order valence-electron chi connectivity index (χ1n) is 10.9. The van der Waals surface area contributed by atoms with E-state index in [0.717, 1.165) is 60.7 Å². The van der Waals surface area contributed by atoms with Gasteiger partial charge in [-0.1, -0.05) is 26.7 Å².